The number of halogens is 1. The topological polar surface area (TPSA) is 38.5 Å². The van der Waals surface area contributed by atoms with E-state index in [2.05, 4.69) is 11.9 Å². The summed E-state index contributed by atoms with van der Waals surface area (Å²) in [5, 5.41) is 0.723. The Balaban J connectivity index is 1.64. The lowest BCUT2D eigenvalue weighted by molar-refractivity contribution is -0.0324. The second-order valence-electron chi connectivity index (χ2n) is 6.25. The molecule has 0 amide bonds. The molecule has 1 saturated heterocycles. The van der Waals surface area contributed by atoms with Gasteiger partial charge in [-0.3, -0.25) is 0 Å². The maximum atomic E-state index is 6.36. The molecular weight excluding hydrogens is 272 g/mol. The van der Waals surface area contributed by atoms with E-state index in [0.717, 1.165) is 29.4 Å². The highest BCUT2D eigenvalue weighted by Gasteiger charge is 2.42. The first-order valence-corrected chi connectivity index (χ1v) is 7.90. The Morgan fingerprint density at radius 1 is 1.35 bits per heavy atom. The van der Waals surface area contributed by atoms with E-state index < -0.39 is 0 Å². The van der Waals surface area contributed by atoms with Crippen LogP contribution in [0.2, 0.25) is 5.02 Å². The zero-order chi connectivity index (χ0) is 14.2. The summed E-state index contributed by atoms with van der Waals surface area (Å²) in [5.74, 6) is 0. The molecule has 2 fully saturated rings. The van der Waals surface area contributed by atoms with Crippen LogP contribution in [0.3, 0.4) is 0 Å². The number of anilines is 2. The van der Waals surface area contributed by atoms with Crippen molar-refractivity contribution in [1.82, 2.24) is 0 Å². The number of nitrogens with zero attached hydrogens (tertiary/aromatic N) is 1. The highest BCUT2D eigenvalue weighted by molar-refractivity contribution is 6.31. The van der Waals surface area contributed by atoms with Gasteiger partial charge in [-0.15, -0.1) is 0 Å². The molecule has 110 valence electrons. The van der Waals surface area contributed by atoms with E-state index in [1.165, 1.54) is 32.1 Å². The summed E-state index contributed by atoms with van der Waals surface area (Å²) in [6.45, 7) is 0.881. The van der Waals surface area contributed by atoms with Crippen molar-refractivity contribution in [1.29, 1.82) is 0 Å². The molecule has 1 aromatic rings. The average molecular weight is 295 g/mol. The van der Waals surface area contributed by atoms with E-state index in [9.17, 15) is 0 Å². The van der Waals surface area contributed by atoms with Gasteiger partial charge < -0.3 is 15.4 Å². The lowest BCUT2D eigenvalue weighted by Crippen LogP contribution is -2.32. The van der Waals surface area contributed by atoms with Crippen LogP contribution in [0.4, 0.5) is 11.4 Å². The molecule has 0 radical (unpaired) electrons. The normalized spacial score (nSPS) is 24.4. The van der Waals surface area contributed by atoms with Crippen LogP contribution >= 0.6 is 11.6 Å². The maximum absolute atomic E-state index is 6.36. The third-order valence-electron chi connectivity index (χ3n) is 4.73. The number of hydrogen-bond donors (Lipinski definition) is 1. The van der Waals surface area contributed by atoms with Gasteiger partial charge in [-0.25, -0.2) is 0 Å². The minimum Gasteiger partial charge on any atom is -0.397 e. The number of likely N-dealkylation sites (N-methyl/N-ethyl adjacent to an activating group) is 1. The molecule has 4 heteroatoms. The third-order valence-corrected chi connectivity index (χ3v) is 4.97. The minimum absolute atomic E-state index is 0.200. The fourth-order valence-corrected chi connectivity index (χ4v) is 3.83. The molecule has 1 aliphatic heterocycles. The number of nitrogens with two attached hydrogens (primary N) is 1. The van der Waals surface area contributed by atoms with Crippen LogP contribution in [0.1, 0.15) is 38.5 Å². The standard InChI is InChI=1S/C16H23ClN2O/c1-19(15-10-12(17)4-5-14(15)18)11-13-6-9-16(20-13)7-2-3-8-16/h4-5,10,13H,2-3,6-9,11,18H2,1H3. The van der Waals surface area contributed by atoms with E-state index in [4.69, 9.17) is 22.1 Å². The second kappa shape index (κ2) is 5.45. The van der Waals surface area contributed by atoms with Gasteiger partial charge in [0.1, 0.15) is 0 Å². The van der Waals surface area contributed by atoms with Crippen LogP contribution in [-0.4, -0.2) is 25.3 Å². The molecular formula is C16H23ClN2O. The Hall–Kier alpha value is -0.930. The molecule has 1 aliphatic carbocycles. The molecule has 1 unspecified atom stereocenters. The number of hydrogen-bond acceptors (Lipinski definition) is 3. The molecule has 1 aromatic carbocycles. The van der Waals surface area contributed by atoms with Crippen molar-refractivity contribution in [3.63, 3.8) is 0 Å². The van der Waals surface area contributed by atoms with E-state index >= 15 is 0 Å². The van der Waals surface area contributed by atoms with Crippen LogP contribution in [0, 0.1) is 0 Å². The number of nitrogen functional groups attached to an aromatic ring is 1. The van der Waals surface area contributed by atoms with Crippen molar-refractivity contribution in [2.24, 2.45) is 0 Å². The lowest BCUT2D eigenvalue weighted by Gasteiger charge is -2.28. The van der Waals surface area contributed by atoms with Crippen LogP contribution in [0.5, 0.6) is 0 Å². The molecule has 1 spiro atoms. The second-order valence-corrected chi connectivity index (χ2v) is 6.69. The Kier molecular flexibility index (Phi) is 3.83. The Morgan fingerprint density at radius 3 is 2.85 bits per heavy atom. The van der Waals surface area contributed by atoms with Crippen molar-refractivity contribution in [3.8, 4) is 0 Å². The summed E-state index contributed by atoms with van der Waals surface area (Å²) >= 11 is 6.06. The third kappa shape index (κ3) is 2.75. The van der Waals surface area contributed by atoms with Gasteiger partial charge in [0.25, 0.3) is 0 Å². The quantitative estimate of drug-likeness (QED) is 0.861. The summed E-state index contributed by atoms with van der Waals surface area (Å²) in [7, 11) is 2.06. The van der Waals surface area contributed by atoms with Gasteiger partial charge in [-0.05, 0) is 43.9 Å². The Bertz CT molecular complexity index is 485. The summed E-state index contributed by atoms with van der Waals surface area (Å²) in [4.78, 5) is 2.17. The van der Waals surface area contributed by atoms with Gasteiger partial charge in [0.2, 0.25) is 0 Å². The fourth-order valence-electron chi connectivity index (χ4n) is 3.66. The summed E-state index contributed by atoms with van der Waals surface area (Å²) < 4.78 is 6.36. The van der Waals surface area contributed by atoms with Crippen LogP contribution in [0.15, 0.2) is 18.2 Å². The first kappa shape index (κ1) is 14.0. The van der Waals surface area contributed by atoms with Crippen molar-refractivity contribution >= 4 is 23.0 Å². The molecule has 1 saturated carbocycles. The highest BCUT2D eigenvalue weighted by Crippen LogP contribution is 2.43. The fraction of sp³-hybridized carbons (Fsp3) is 0.625. The van der Waals surface area contributed by atoms with Crippen molar-refractivity contribution in [3.05, 3.63) is 23.2 Å². The summed E-state index contributed by atoms with van der Waals surface area (Å²) in [6.07, 6.45) is 7.82. The molecule has 1 heterocycles. The first-order chi connectivity index (χ1) is 9.58. The molecule has 3 nitrogen and oxygen atoms in total. The largest absolute Gasteiger partial charge is 0.397 e. The molecule has 3 rings (SSSR count). The number of rotatable bonds is 3. The zero-order valence-electron chi connectivity index (χ0n) is 12.1. The maximum Gasteiger partial charge on any atom is 0.0758 e. The van der Waals surface area contributed by atoms with Gasteiger partial charge >= 0.3 is 0 Å². The number of ether oxygens (including phenoxy) is 1. The van der Waals surface area contributed by atoms with Crippen molar-refractivity contribution in [2.45, 2.75) is 50.2 Å². The summed E-state index contributed by atoms with van der Waals surface area (Å²) in [5.41, 5.74) is 8.00. The van der Waals surface area contributed by atoms with Crippen LogP contribution in [0.25, 0.3) is 0 Å². The molecule has 2 aliphatic rings. The Labute approximate surface area is 126 Å². The Morgan fingerprint density at radius 2 is 2.10 bits per heavy atom. The molecule has 20 heavy (non-hydrogen) atoms. The van der Waals surface area contributed by atoms with Gasteiger partial charge in [0.05, 0.1) is 23.1 Å². The van der Waals surface area contributed by atoms with Gasteiger partial charge in [0.15, 0.2) is 0 Å². The average Bonchev–Trinajstić information content (AvgIpc) is 3.03. The summed E-state index contributed by atoms with van der Waals surface area (Å²) in [6, 6.07) is 5.62. The monoisotopic (exact) mass is 294 g/mol. The SMILES string of the molecule is CN(CC1CCC2(CCCC2)O1)c1cc(Cl)ccc1N. The van der Waals surface area contributed by atoms with E-state index in [0.29, 0.717) is 6.10 Å². The predicted molar refractivity (Wildman–Crippen MR) is 84.4 cm³/mol. The molecule has 2 N–H and O–H groups in total. The molecule has 0 bridgehead atoms. The van der Waals surface area contributed by atoms with Gasteiger partial charge in [-0.1, -0.05) is 24.4 Å². The van der Waals surface area contributed by atoms with E-state index in [1.54, 1.807) is 0 Å². The van der Waals surface area contributed by atoms with Gasteiger partial charge in [0, 0.05) is 18.6 Å². The van der Waals surface area contributed by atoms with E-state index in [1.807, 2.05) is 18.2 Å². The minimum atomic E-state index is 0.200. The van der Waals surface area contributed by atoms with Gasteiger partial charge in [-0.2, -0.15) is 0 Å². The van der Waals surface area contributed by atoms with Crippen molar-refractivity contribution in [2.75, 3.05) is 24.2 Å². The molecule has 1 atom stereocenters. The lowest BCUT2D eigenvalue weighted by atomic mass is 9.98. The van der Waals surface area contributed by atoms with Crippen molar-refractivity contribution < 1.29 is 4.74 Å². The molecule has 0 aromatic heterocycles. The van der Waals surface area contributed by atoms with Crippen LogP contribution in [-0.2, 0) is 4.74 Å². The predicted octanol–water partition coefficient (Wildman–Crippen LogP) is 3.85. The highest BCUT2D eigenvalue weighted by atomic mass is 35.5. The van der Waals surface area contributed by atoms with Crippen LogP contribution < -0.4 is 10.6 Å². The van der Waals surface area contributed by atoms with E-state index in [-0.39, 0.29) is 5.60 Å². The first-order valence-electron chi connectivity index (χ1n) is 7.52. The zero-order valence-corrected chi connectivity index (χ0v) is 12.8. The number of benzene rings is 1. The smallest absolute Gasteiger partial charge is 0.0758 e.